The van der Waals surface area contributed by atoms with E-state index >= 15 is 0 Å². The summed E-state index contributed by atoms with van der Waals surface area (Å²) in [5.74, 6) is -0.398. The maximum Gasteiger partial charge on any atom is 0.338 e. The zero-order chi connectivity index (χ0) is 17.1. The lowest BCUT2D eigenvalue weighted by Gasteiger charge is -2.09. The number of aryl methyl sites for hydroxylation is 1. The molecule has 1 heterocycles. The second-order valence-corrected chi connectivity index (χ2v) is 5.37. The van der Waals surface area contributed by atoms with E-state index in [0.717, 1.165) is 5.56 Å². The molecule has 0 aliphatic rings. The van der Waals surface area contributed by atoms with Crippen LogP contribution in [0.4, 0.5) is 4.39 Å². The smallest absolute Gasteiger partial charge is 0.338 e. The van der Waals surface area contributed by atoms with Gasteiger partial charge in [-0.05, 0) is 50.2 Å². The molecule has 3 rings (SSSR count). The summed E-state index contributed by atoms with van der Waals surface area (Å²) in [4.78, 5) is 12.1. The predicted molar refractivity (Wildman–Crippen MR) is 84.7 cm³/mol. The van der Waals surface area contributed by atoms with E-state index in [1.54, 1.807) is 25.1 Å². The second kappa shape index (κ2) is 6.62. The van der Waals surface area contributed by atoms with Crippen molar-refractivity contribution >= 4 is 5.97 Å². The third kappa shape index (κ3) is 3.48. The van der Waals surface area contributed by atoms with Crippen molar-refractivity contribution in [1.82, 2.24) is 10.2 Å². The van der Waals surface area contributed by atoms with Crippen molar-refractivity contribution < 1.29 is 18.3 Å². The summed E-state index contributed by atoms with van der Waals surface area (Å²) in [6.45, 7) is 3.54. The maximum absolute atomic E-state index is 12.9. The van der Waals surface area contributed by atoms with Crippen molar-refractivity contribution in [3.8, 4) is 11.5 Å². The van der Waals surface area contributed by atoms with Crippen LogP contribution in [0.3, 0.4) is 0 Å². The first-order valence-electron chi connectivity index (χ1n) is 7.40. The fourth-order valence-electron chi connectivity index (χ4n) is 2.16. The van der Waals surface area contributed by atoms with Crippen molar-refractivity contribution in [3.63, 3.8) is 0 Å². The van der Waals surface area contributed by atoms with Gasteiger partial charge in [0.1, 0.15) is 5.82 Å². The quantitative estimate of drug-likeness (QED) is 0.675. The summed E-state index contributed by atoms with van der Waals surface area (Å²) in [5, 5.41) is 7.79. The van der Waals surface area contributed by atoms with E-state index in [1.165, 1.54) is 24.3 Å². The van der Waals surface area contributed by atoms with Gasteiger partial charge in [0, 0.05) is 5.56 Å². The molecule has 0 aliphatic carbocycles. The van der Waals surface area contributed by atoms with Crippen LogP contribution in [0.2, 0.25) is 0 Å². The van der Waals surface area contributed by atoms with Gasteiger partial charge >= 0.3 is 5.97 Å². The van der Waals surface area contributed by atoms with Crippen molar-refractivity contribution in [2.75, 3.05) is 0 Å². The largest absolute Gasteiger partial charge is 0.449 e. The molecule has 1 atom stereocenters. The van der Waals surface area contributed by atoms with Crippen molar-refractivity contribution in [3.05, 3.63) is 71.4 Å². The summed E-state index contributed by atoms with van der Waals surface area (Å²) in [6, 6.07) is 12.8. The average Bonchev–Trinajstić information content (AvgIpc) is 3.05. The molecule has 24 heavy (non-hydrogen) atoms. The number of carbonyl (C=O) groups is 1. The molecule has 0 amide bonds. The van der Waals surface area contributed by atoms with E-state index in [0.29, 0.717) is 11.1 Å². The molecule has 6 heteroatoms. The summed E-state index contributed by atoms with van der Waals surface area (Å²) in [5.41, 5.74) is 2.01. The molecule has 0 bridgehead atoms. The highest BCUT2D eigenvalue weighted by Crippen LogP contribution is 2.23. The summed E-state index contributed by atoms with van der Waals surface area (Å²) < 4.78 is 23.8. The Kier molecular flexibility index (Phi) is 4.37. The fraction of sp³-hybridized carbons (Fsp3) is 0.167. The molecule has 0 saturated heterocycles. The van der Waals surface area contributed by atoms with Crippen LogP contribution in [0.15, 0.2) is 52.9 Å². The van der Waals surface area contributed by atoms with Gasteiger partial charge in [-0.3, -0.25) is 0 Å². The van der Waals surface area contributed by atoms with Gasteiger partial charge in [0.2, 0.25) is 5.89 Å². The minimum atomic E-state index is -0.695. The lowest BCUT2D eigenvalue weighted by molar-refractivity contribution is 0.0280. The zero-order valence-corrected chi connectivity index (χ0v) is 13.2. The maximum atomic E-state index is 12.9. The Hall–Kier alpha value is -3.02. The Balaban J connectivity index is 1.73. The van der Waals surface area contributed by atoms with Gasteiger partial charge in [-0.15, -0.1) is 10.2 Å². The molecule has 1 aromatic heterocycles. The number of aromatic nitrogens is 2. The lowest BCUT2D eigenvalue weighted by Crippen LogP contribution is -2.09. The molecule has 0 saturated carbocycles. The number of nitrogens with zero attached hydrogens (tertiary/aromatic N) is 2. The Morgan fingerprint density at radius 3 is 2.62 bits per heavy atom. The highest BCUT2D eigenvalue weighted by molar-refractivity contribution is 5.89. The fourth-order valence-corrected chi connectivity index (χ4v) is 2.16. The Morgan fingerprint density at radius 2 is 1.92 bits per heavy atom. The van der Waals surface area contributed by atoms with Crippen molar-refractivity contribution in [2.24, 2.45) is 0 Å². The second-order valence-electron chi connectivity index (χ2n) is 5.37. The highest BCUT2D eigenvalue weighted by atomic mass is 19.1. The first kappa shape index (κ1) is 15.9. The zero-order valence-electron chi connectivity index (χ0n) is 13.2. The summed E-state index contributed by atoms with van der Waals surface area (Å²) in [6.07, 6.45) is -0.695. The Labute approximate surface area is 138 Å². The van der Waals surface area contributed by atoms with E-state index in [4.69, 9.17) is 9.15 Å². The van der Waals surface area contributed by atoms with Crippen molar-refractivity contribution in [2.45, 2.75) is 20.0 Å². The van der Waals surface area contributed by atoms with Gasteiger partial charge in [0.15, 0.2) is 6.10 Å². The molecular weight excluding hydrogens is 311 g/mol. The first-order chi connectivity index (χ1) is 11.5. The molecule has 5 nitrogen and oxygen atoms in total. The molecule has 0 unspecified atom stereocenters. The third-order valence-corrected chi connectivity index (χ3v) is 3.42. The van der Waals surface area contributed by atoms with Gasteiger partial charge in [-0.25, -0.2) is 9.18 Å². The monoisotopic (exact) mass is 326 g/mol. The Bertz CT molecular complexity index is 859. The van der Waals surface area contributed by atoms with Crippen LogP contribution < -0.4 is 0 Å². The molecule has 2 aromatic carbocycles. The van der Waals surface area contributed by atoms with Crippen LogP contribution >= 0.6 is 0 Å². The molecule has 0 spiro atoms. The van der Waals surface area contributed by atoms with Crippen molar-refractivity contribution in [1.29, 1.82) is 0 Å². The number of carbonyl (C=O) groups excluding carboxylic acids is 1. The predicted octanol–water partition coefficient (Wildman–Crippen LogP) is 4.10. The molecule has 0 radical (unpaired) electrons. The van der Waals surface area contributed by atoms with Gasteiger partial charge in [-0.2, -0.15) is 0 Å². The lowest BCUT2D eigenvalue weighted by atomic mass is 10.1. The number of halogens is 1. The van der Waals surface area contributed by atoms with Gasteiger partial charge in [-0.1, -0.05) is 17.7 Å². The highest BCUT2D eigenvalue weighted by Gasteiger charge is 2.20. The standard InChI is InChI=1S/C18H15FN2O3/c1-11-4-3-5-14(10-11)18(22)23-12(2)16-20-21-17(24-16)13-6-8-15(19)9-7-13/h3-10,12H,1-2H3/t12-/m0/s1. The number of hydrogen-bond acceptors (Lipinski definition) is 5. The van der Waals surface area contributed by atoms with E-state index in [-0.39, 0.29) is 17.6 Å². The van der Waals surface area contributed by atoms with E-state index in [2.05, 4.69) is 10.2 Å². The third-order valence-electron chi connectivity index (χ3n) is 3.42. The van der Waals surface area contributed by atoms with E-state index < -0.39 is 12.1 Å². The van der Waals surface area contributed by atoms with Crippen LogP contribution in [-0.4, -0.2) is 16.2 Å². The minimum Gasteiger partial charge on any atom is -0.449 e. The summed E-state index contributed by atoms with van der Waals surface area (Å²) >= 11 is 0. The first-order valence-corrected chi connectivity index (χ1v) is 7.40. The number of hydrogen-bond donors (Lipinski definition) is 0. The normalized spacial score (nSPS) is 12.0. The molecule has 0 fully saturated rings. The van der Waals surface area contributed by atoms with Gasteiger partial charge < -0.3 is 9.15 Å². The molecule has 3 aromatic rings. The number of benzene rings is 2. The van der Waals surface area contributed by atoms with Crippen LogP contribution in [0.1, 0.15) is 34.8 Å². The van der Waals surface area contributed by atoms with Crippen LogP contribution in [0, 0.1) is 12.7 Å². The van der Waals surface area contributed by atoms with Crippen LogP contribution in [0.25, 0.3) is 11.5 Å². The van der Waals surface area contributed by atoms with Gasteiger partial charge in [0.05, 0.1) is 5.56 Å². The Morgan fingerprint density at radius 1 is 1.17 bits per heavy atom. The molecule has 122 valence electrons. The molecular formula is C18H15FN2O3. The topological polar surface area (TPSA) is 65.2 Å². The number of esters is 1. The van der Waals surface area contributed by atoms with E-state index in [9.17, 15) is 9.18 Å². The van der Waals surface area contributed by atoms with E-state index in [1.807, 2.05) is 13.0 Å². The number of rotatable bonds is 4. The van der Waals surface area contributed by atoms with Gasteiger partial charge in [0.25, 0.3) is 5.89 Å². The van der Waals surface area contributed by atoms with Crippen LogP contribution in [0.5, 0.6) is 0 Å². The molecule has 0 aliphatic heterocycles. The SMILES string of the molecule is Cc1cccc(C(=O)O[C@@H](C)c2nnc(-c3ccc(F)cc3)o2)c1. The minimum absolute atomic E-state index is 0.176. The summed E-state index contributed by atoms with van der Waals surface area (Å²) in [7, 11) is 0. The van der Waals surface area contributed by atoms with Crippen LogP contribution in [-0.2, 0) is 4.74 Å². The average molecular weight is 326 g/mol. The number of ether oxygens (including phenoxy) is 1. The molecule has 0 N–H and O–H groups in total.